The molecule has 17 heavy (non-hydrogen) atoms. The van der Waals surface area contributed by atoms with Gasteiger partial charge in [0, 0.05) is 18.2 Å². The number of carbonyl (C=O) groups excluding carboxylic acids is 1. The minimum atomic E-state index is -0.208. The first-order chi connectivity index (χ1) is 8.11. The topological polar surface area (TPSA) is 58.6 Å². The van der Waals surface area contributed by atoms with E-state index in [4.69, 9.17) is 21.4 Å². The van der Waals surface area contributed by atoms with E-state index in [9.17, 15) is 4.79 Å². The first-order valence-corrected chi connectivity index (χ1v) is 5.75. The Balaban J connectivity index is 2.26. The monoisotopic (exact) mass is 257 g/mol. The Labute approximate surface area is 106 Å². The zero-order chi connectivity index (χ0) is 12.7. The molecule has 0 bridgehead atoms. The van der Waals surface area contributed by atoms with Gasteiger partial charge in [0.2, 0.25) is 0 Å². The summed E-state index contributed by atoms with van der Waals surface area (Å²) in [7, 11) is 0. The number of rotatable bonds is 6. The van der Waals surface area contributed by atoms with Crippen LogP contribution in [0.25, 0.3) is 0 Å². The van der Waals surface area contributed by atoms with Crippen LogP contribution < -0.4 is 10.1 Å². The summed E-state index contributed by atoms with van der Waals surface area (Å²) in [5, 5.41) is 12.1. The largest absolute Gasteiger partial charge is 0.484 e. The van der Waals surface area contributed by atoms with E-state index in [1.54, 1.807) is 24.3 Å². The third-order valence-electron chi connectivity index (χ3n) is 2.14. The standard InChI is InChI=1S/C12H16ClNO3/c1-9(7-15)6-14-12(16)8-17-11-4-2-10(13)3-5-11/h2-5,9,15H,6-8H2,1H3,(H,14,16). The van der Waals surface area contributed by atoms with E-state index >= 15 is 0 Å². The Kier molecular flexibility index (Phi) is 5.80. The lowest BCUT2D eigenvalue weighted by molar-refractivity contribution is -0.123. The zero-order valence-corrected chi connectivity index (χ0v) is 10.4. The number of hydrogen-bond donors (Lipinski definition) is 2. The summed E-state index contributed by atoms with van der Waals surface area (Å²) in [6.45, 7) is 2.30. The van der Waals surface area contributed by atoms with Crippen LogP contribution in [0.15, 0.2) is 24.3 Å². The number of aliphatic hydroxyl groups is 1. The molecule has 1 atom stereocenters. The molecule has 0 radical (unpaired) electrons. The first-order valence-electron chi connectivity index (χ1n) is 5.37. The van der Waals surface area contributed by atoms with Crippen LogP contribution in [-0.4, -0.2) is 30.8 Å². The van der Waals surface area contributed by atoms with Gasteiger partial charge in [-0.3, -0.25) is 4.79 Å². The maximum Gasteiger partial charge on any atom is 0.257 e. The summed E-state index contributed by atoms with van der Waals surface area (Å²) >= 11 is 5.72. The maximum atomic E-state index is 11.4. The lowest BCUT2D eigenvalue weighted by Gasteiger charge is -2.10. The Morgan fingerprint density at radius 1 is 1.47 bits per heavy atom. The maximum absolute atomic E-state index is 11.4. The van der Waals surface area contributed by atoms with Crippen molar-refractivity contribution in [1.29, 1.82) is 0 Å². The van der Waals surface area contributed by atoms with Crippen LogP contribution in [-0.2, 0) is 4.79 Å². The van der Waals surface area contributed by atoms with Crippen LogP contribution in [0.1, 0.15) is 6.92 Å². The molecule has 0 saturated carbocycles. The van der Waals surface area contributed by atoms with E-state index in [-0.39, 0.29) is 25.0 Å². The molecule has 0 spiro atoms. The van der Waals surface area contributed by atoms with Gasteiger partial charge in [0.15, 0.2) is 6.61 Å². The molecule has 0 aliphatic rings. The average Bonchev–Trinajstić information content (AvgIpc) is 2.35. The van der Waals surface area contributed by atoms with Crippen LogP contribution in [0, 0.1) is 5.92 Å². The quantitative estimate of drug-likeness (QED) is 0.811. The summed E-state index contributed by atoms with van der Waals surface area (Å²) < 4.78 is 5.26. The van der Waals surface area contributed by atoms with Crippen LogP contribution in [0.2, 0.25) is 5.02 Å². The number of halogens is 1. The number of amides is 1. The van der Waals surface area contributed by atoms with Crippen molar-refractivity contribution in [3.8, 4) is 5.75 Å². The van der Waals surface area contributed by atoms with Crippen molar-refractivity contribution < 1.29 is 14.6 Å². The van der Waals surface area contributed by atoms with Crippen molar-refractivity contribution in [3.05, 3.63) is 29.3 Å². The van der Waals surface area contributed by atoms with Gasteiger partial charge in [-0.25, -0.2) is 0 Å². The summed E-state index contributed by atoms with van der Waals surface area (Å²) in [4.78, 5) is 11.4. The van der Waals surface area contributed by atoms with E-state index in [2.05, 4.69) is 5.32 Å². The van der Waals surface area contributed by atoms with E-state index < -0.39 is 0 Å². The fourth-order valence-corrected chi connectivity index (χ4v) is 1.21. The second kappa shape index (κ2) is 7.14. The Hall–Kier alpha value is -1.26. The van der Waals surface area contributed by atoms with Crippen molar-refractivity contribution in [3.63, 3.8) is 0 Å². The number of carbonyl (C=O) groups is 1. The molecule has 1 amide bonds. The SMILES string of the molecule is CC(CO)CNC(=O)COc1ccc(Cl)cc1. The number of ether oxygens (including phenoxy) is 1. The van der Waals surface area contributed by atoms with Crippen molar-refractivity contribution in [2.75, 3.05) is 19.8 Å². The minimum absolute atomic E-state index is 0.0419. The summed E-state index contributed by atoms with van der Waals surface area (Å²) in [5.74, 6) is 0.439. The van der Waals surface area contributed by atoms with Gasteiger partial charge >= 0.3 is 0 Å². The van der Waals surface area contributed by atoms with Crippen LogP contribution in [0.3, 0.4) is 0 Å². The minimum Gasteiger partial charge on any atom is -0.484 e. The number of benzene rings is 1. The van der Waals surface area contributed by atoms with Crippen LogP contribution in [0.5, 0.6) is 5.75 Å². The normalized spacial score (nSPS) is 11.9. The fourth-order valence-electron chi connectivity index (χ4n) is 1.08. The van der Waals surface area contributed by atoms with E-state index in [1.807, 2.05) is 6.92 Å². The molecule has 0 fully saturated rings. The number of hydrogen-bond acceptors (Lipinski definition) is 3. The third kappa shape index (κ3) is 5.56. The Bertz CT molecular complexity index is 353. The van der Waals surface area contributed by atoms with Crippen molar-refractivity contribution in [2.24, 2.45) is 5.92 Å². The molecule has 0 aromatic heterocycles. The number of nitrogens with one attached hydrogen (secondary N) is 1. The van der Waals surface area contributed by atoms with Gasteiger partial charge < -0.3 is 15.2 Å². The van der Waals surface area contributed by atoms with Crippen molar-refractivity contribution >= 4 is 17.5 Å². The van der Waals surface area contributed by atoms with Gasteiger partial charge in [0.05, 0.1) is 0 Å². The molecular weight excluding hydrogens is 242 g/mol. The van der Waals surface area contributed by atoms with E-state index in [1.165, 1.54) is 0 Å². The molecule has 0 saturated heterocycles. The predicted octanol–water partition coefficient (Wildman–Crippen LogP) is 1.46. The van der Waals surface area contributed by atoms with Crippen LogP contribution >= 0.6 is 11.6 Å². The third-order valence-corrected chi connectivity index (χ3v) is 2.39. The lowest BCUT2D eigenvalue weighted by atomic mass is 10.2. The average molecular weight is 258 g/mol. The van der Waals surface area contributed by atoms with Crippen molar-refractivity contribution in [1.82, 2.24) is 5.32 Å². The van der Waals surface area contributed by atoms with Gasteiger partial charge in [-0.15, -0.1) is 0 Å². The molecule has 2 N–H and O–H groups in total. The van der Waals surface area contributed by atoms with E-state index in [0.29, 0.717) is 17.3 Å². The molecule has 1 aromatic carbocycles. The summed E-state index contributed by atoms with van der Waals surface area (Å²) in [5.41, 5.74) is 0. The smallest absolute Gasteiger partial charge is 0.257 e. The highest BCUT2D eigenvalue weighted by molar-refractivity contribution is 6.30. The Morgan fingerprint density at radius 3 is 2.71 bits per heavy atom. The zero-order valence-electron chi connectivity index (χ0n) is 9.65. The second-order valence-corrected chi connectivity index (χ2v) is 4.27. The molecule has 0 aliphatic heterocycles. The molecule has 0 heterocycles. The van der Waals surface area contributed by atoms with Crippen LogP contribution in [0.4, 0.5) is 0 Å². The first kappa shape index (κ1) is 13.8. The van der Waals surface area contributed by atoms with Gasteiger partial charge in [-0.2, -0.15) is 0 Å². The van der Waals surface area contributed by atoms with Crippen molar-refractivity contribution in [2.45, 2.75) is 6.92 Å². The molecule has 1 unspecified atom stereocenters. The molecule has 94 valence electrons. The molecule has 0 aliphatic carbocycles. The highest BCUT2D eigenvalue weighted by Gasteiger charge is 2.05. The van der Waals surface area contributed by atoms with Gasteiger partial charge in [-0.05, 0) is 30.2 Å². The van der Waals surface area contributed by atoms with Gasteiger partial charge in [0.1, 0.15) is 5.75 Å². The molecule has 5 heteroatoms. The lowest BCUT2D eigenvalue weighted by Crippen LogP contribution is -2.33. The van der Waals surface area contributed by atoms with E-state index in [0.717, 1.165) is 0 Å². The fraction of sp³-hybridized carbons (Fsp3) is 0.417. The molecule has 1 rings (SSSR count). The molecule has 4 nitrogen and oxygen atoms in total. The summed E-state index contributed by atoms with van der Waals surface area (Å²) in [6.07, 6.45) is 0. The van der Waals surface area contributed by atoms with Gasteiger partial charge in [0.25, 0.3) is 5.91 Å². The highest BCUT2D eigenvalue weighted by Crippen LogP contribution is 2.15. The highest BCUT2D eigenvalue weighted by atomic mass is 35.5. The molecule has 1 aromatic rings. The number of aliphatic hydroxyl groups excluding tert-OH is 1. The second-order valence-electron chi connectivity index (χ2n) is 3.83. The molecular formula is C12H16ClNO3. The summed E-state index contributed by atoms with van der Waals surface area (Å²) in [6, 6.07) is 6.79. The Morgan fingerprint density at radius 2 is 2.12 bits per heavy atom. The predicted molar refractivity (Wildman–Crippen MR) is 66.2 cm³/mol. The van der Waals surface area contributed by atoms with Gasteiger partial charge in [-0.1, -0.05) is 18.5 Å².